The fourth-order valence-electron chi connectivity index (χ4n) is 4.93. The molecule has 3 heterocycles. The maximum absolute atomic E-state index is 14.3. The minimum atomic E-state index is -0.808. The number of ether oxygens (including phenoxy) is 3. The van der Waals surface area contributed by atoms with E-state index in [1.165, 1.54) is 13.3 Å². The van der Waals surface area contributed by atoms with Gasteiger partial charge in [0, 0.05) is 56.9 Å². The lowest BCUT2D eigenvalue weighted by Gasteiger charge is -2.38. The molecule has 184 valence electrons. The number of methoxy groups -OCH3 is 2. The zero-order valence-corrected chi connectivity index (χ0v) is 19.8. The Morgan fingerprint density at radius 2 is 2.00 bits per heavy atom. The Morgan fingerprint density at radius 3 is 2.65 bits per heavy atom. The zero-order chi connectivity index (χ0) is 24.2. The predicted octanol–water partition coefficient (Wildman–Crippen LogP) is 3.59. The number of aliphatic carboxylic acids is 1. The minimum Gasteiger partial charge on any atom is -0.490 e. The molecule has 0 aliphatic carbocycles. The molecule has 2 aliphatic heterocycles. The van der Waals surface area contributed by atoms with E-state index in [0.29, 0.717) is 37.6 Å². The Morgan fingerprint density at radius 1 is 1.24 bits per heavy atom. The molecule has 4 rings (SSSR count). The molecule has 2 fully saturated rings. The van der Waals surface area contributed by atoms with Crippen LogP contribution in [0.15, 0.2) is 36.5 Å². The lowest BCUT2D eigenvalue weighted by Crippen LogP contribution is -2.44. The molecule has 9 heteroatoms. The van der Waals surface area contributed by atoms with Crippen LogP contribution in [-0.2, 0) is 9.53 Å². The van der Waals surface area contributed by atoms with Crippen molar-refractivity contribution >= 4 is 17.3 Å². The number of rotatable bonds is 8. The summed E-state index contributed by atoms with van der Waals surface area (Å²) >= 11 is 0. The van der Waals surface area contributed by atoms with E-state index in [9.17, 15) is 14.3 Å². The molecular weight excluding hydrogens is 441 g/mol. The first-order valence-corrected chi connectivity index (χ1v) is 11.6. The largest absolute Gasteiger partial charge is 0.490 e. The third-order valence-electron chi connectivity index (χ3n) is 6.76. The second-order valence-corrected chi connectivity index (χ2v) is 9.04. The number of pyridine rings is 1. The third kappa shape index (κ3) is 5.35. The molecule has 1 N–H and O–H groups in total. The fraction of sp³-hybridized carbons (Fsp3) is 0.520. The average Bonchev–Trinajstić information content (AvgIpc) is 3.23. The van der Waals surface area contributed by atoms with E-state index in [1.54, 1.807) is 13.2 Å². The van der Waals surface area contributed by atoms with Crippen molar-refractivity contribution in [2.45, 2.75) is 44.4 Å². The van der Waals surface area contributed by atoms with E-state index in [1.807, 2.05) is 29.2 Å². The van der Waals surface area contributed by atoms with Gasteiger partial charge in [0.1, 0.15) is 11.9 Å². The summed E-state index contributed by atoms with van der Waals surface area (Å²) in [6.07, 6.45) is 2.77. The van der Waals surface area contributed by atoms with Crippen molar-refractivity contribution in [2.75, 3.05) is 43.7 Å². The molecule has 8 nitrogen and oxygen atoms in total. The number of carboxylic acid groups (broad SMARTS) is 1. The standard InChI is InChI=1S/C25H32FN3O5/c1-16-14-28(22-12-24(33-3)27-13-21(22)26)9-8-23(16)34-19-6-4-17(5-7-19)29-15-20(32-2)10-18(29)11-25(30)31/h4-7,12-13,16,18,20,23H,8-11,14-15H2,1-3H3,(H,30,31)/t16?,18-,20-,23?/m1/s1. The molecule has 0 spiro atoms. The highest BCUT2D eigenvalue weighted by Gasteiger charge is 2.34. The molecule has 0 bridgehead atoms. The van der Waals surface area contributed by atoms with E-state index in [0.717, 1.165) is 17.9 Å². The first-order valence-electron chi connectivity index (χ1n) is 11.6. The molecule has 4 atom stereocenters. The van der Waals surface area contributed by atoms with Gasteiger partial charge in [-0.05, 0) is 30.7 Å². The monoisotopic (exact) mass is 473 g/mol. The highest BCUT2D eigenvalue weighted by molar-refractivity contribution is 5.69. The average molecular weight is 474 g/mol. The number of benzene rings is 1. The molecule has 1 aromatic carbocycles. The van der Waals surface area contributed by atoms with Gasteiger partial charge >= 0.3 is 5.97 Å². The first-order chi connectivity index (χ1) is 16.4. The smallest absolute Gasteiger partial charge is 0.305 e. The third-order valence-corrected chi connectivity index (χ3v) is 6.76. The molecule has 1 aromatic heterocycles. The number of carbonyl (C=O) groups is 1. The van der Waals surface area contributed by atoms with Crippen LogP contribution in [0.2, 0.25) is 0 Å². The van der Waals surface area contributed by atoms with Gasteiger partial charge in [0.2, 0.25) is 5.88 Å². The molecule has 0 radical (unpaired) electrons. The topological polar surface area (TPSA) is 84.4 Å². The second-order valence-electron chi connectivity index (χ2n) is 9.04. The second kappa shape index (κ2) is 10.5. The number of carboxylic acids is 1. The molecular formula is C25H32FN3O5. The van der Waals surface area contributed by atoms with Crippen molar-refractivity contribution < 1.29 is 28.5 Å². The van der Waals surface area contributed by atoms with Crippen molar-refractivity contribution in [2.24, 2.45) is 5.92 Å². The van der Waals surface area contributed by atoms with Gasteiger partial charge in [0.05, 0.1) is 31.5 Å². The van der Waals surface area contributed by atoms with Gasteiger partial charge in [0.15, 0.2) is 5.82 Å². The number of anilines is 2. The van der Waals surface area contributed by atoms with Crippen LogP contribution in [0.3, 0.4) is 0 Å². The van der Waals surface area contributed by atoms with Crippen LogP contribution >= 0.6 is 0 Å². The summed E-state index contributed by atoms with van der Waals surface area (Å²) < 4.78 is 31.2. The van der Waals surface area contributed by atoms with Gasteiger partial charge < -0.3 is 29.1 Å². The van der Waals surface area contributed by atoms with Crippen molar-refractivity contribution in [3.8, 4) is 11.6 Å². The summed E-state index contributed by atoms with van der Waals surface area (Å²) in [4.78, 5) is 19.3. The van der Waals surface area contributed by atoms with E-state index in [2.05, 4.69) is 16.8 Å². The Balaban J connectivity index is 1.38. The summed E-state index contributed by atoms with van der Waals surface area (Å²) in [6, 6.07) is 9.35. The van der Waals surface area contributed by atoms with Gasteiger partial charge in [-0.25, -0.2) is 9.37 Å². The van der Waals surface area contributed by atoms with Gasteiger partial charge in [-0.15, -0.1) is 0 Å². The number of hydrogen-bond acceptors (Lipinski definition) is 7. The lowest BCUT2D eigenvalue weighted by atomic mass is 9.96. The van der Waals surface area contributed by atoms with Crippen molar-refractivity contribution in [1.82, 2.24) is 4.98 Å². The SMILES string of the molecule is COc1cc(N2CCC(Oc3ccc(N4C[C@H](OC)C[C@@H]4CC(=O)O)cc3)C(C)C2)c(F)cn1. The normalized spacial score (nSPS) is 24.8. The van der Waals surface area contributed by atoms with Crippen LogP contribution in [0.25, 0.3) is 0 Å². The molecule has 2 aliphatic rings. The molecule has 34 heavy (non-hydrogen) atoms. The molecule has 2 saturated heterocycles. The summed E-state index contributed by atoms with van der Waals surface area (Å²) in [6.45, 7) is 4.10. The number of hydrogen-bond donors (Lipinski definition) is 1. The summed E-state index contributed by atoms with van der Waals surface area (Å²) in [5.41, 5.74) is 1.46. The van der Waals surface area contributed by atoms with Crippen molar-refractivity contribution in [3.05, 3.63) is 42.3 Å². The Kier molecular flexibility index (Phi) is 7.41. The van der Waals surface area contributed by atoms with E-state index >= 15 is 0 Å². The quantitative estimate of drug-likeness (QED) is 0.623. The lowest BCUT2D eigenvalue weighted by molar-refractivity contribution is -0.137. The van der Waals surface area contributed by atoms with Crippen LogP contribution in [0.1, 0.15) is 26.2 Å². The number of aromatic nitrogens is 1. The van der Waals surface area contributed by atoms with E-state index in [-0.39, 0.29) is 36.4 Å². The molecule has 0 saturated carbocycles. The Hall–Kier alpha value is -3.07. The fourth-order valence-corrected chi connectivity index (χ4v) is 4.93. The first kappa shape index (κ1) is 24.1. The molecule has 2 unspecified atom stereocenters. The molecule has 2 aromatic rings. The maximum atomic E-state index is 14.3. The van der Waals surface area contributed by atoms with Crippen LogP contribution in [0, 0.1) is 11.7 Å². The molecule has 0 amide bonds. The van der Waals surface area contributed by atoms with Gasteiger partial charge in [-0.2, -0.15) is 0 Å². The minimum absolute atomic E-state index is 0.0123. The van der Waals surface area contributed by atoms with Crippen molar-refractivity contribution in [1.29, 1.82) is 0 Å². The van der Waals surface area contributed by atoms with Crippen LogP contribution in [0.4, 0.5) is 15.8 Å². The van der Waals surface area contributed by atoms with E-state index < -0.39 is 5.97 Å². The van der Waals surface area contributed by atoms with E-state index in [4.69, 9.17) is 14.2 Å². The summed E-state index contributed by atoms with van der Waals surface area (Å²) in [5.74, 6) is 0.179. The van der Waals surface area contributed by atoms with Gasteiger partial charge in [0.25, 0.3) is 0 Å². The Labute approximate surface area is 199 Å². The highest BCUT2D eigenvalue weighted by atomic mass is 19.1. The summed E-state index contributed by atoms with van der Waals surface area (Å²) in [5, 5.41) is 9.26. The number of piperidine rings is 1. The van der Waals surface area contributed by atoms with Gasteiger partial charge in [-0.1, -0.05) is 6.92 Å². The highest BCUT2D eigenvalue weighted by Crippen LogP contribution is 2.32. The van der Waals surface area contributed by atoms with Crippen LogP contribution in [-0.4, -0.2) is 68.2 Å². The van der Waals surface area contributed by atoms with Gasteiger partial charge in [-0.3, -0.25) is 4.79 Å². The van der Waals surface area contributed by atoms with Crippen LogP contribution < -0.4 is 19.3 Å². The Bertz CT molecular complexity index is 989. The van der Waals surface area contributed by atoms with Crippen LogP contribution in [0.5, 0.6) is 11.6 Å². The predicted molar refractivity (Wildman–Crippen MR) is 126 cm³/mol. The number of nitrogens with zero attached hydrogens (tertiary/aromatic N) is 3. The zero-order valence-electron chi connectivity index (χ0n) is 19.8. The maximum Gasteiger partial charge on any atom is 0.305 e. The van der Waals surface area contributed by atoms with Crippen molar-refractivity contribution in [3.63, 3.8) is 0 Å². The summed E-state index contributed by atoms with van der Waals surface area (Å²) in [7, 11) is 3.18. The number of halogens is 1.